The predicted octanol–water partition coefficient (Wildman–Crippen LogP) is -0.0467. The zero-order valence-corrected chi connectivity index (χ0v) is 11.8. The van der Waals surface area contributed by atoms with Crippen LogP contribution in [0.5, 0.6) is 0 Å². The van der Waals surface area contributed by atoms with Crippen molar-refractivity contribution in [3.05, 3.63) is 0 Å². The summed E-state index contributed by atoms with van der Waals surface area (Å²) in [5, 5.41) is 3.15. The molecule has 1 N–H and O–H groups in total. The lowest BCUT2D eigenvalue weighted by Crippen LogP contribution is -2.36. The van der Waals surface area contributed by atoms with Crippen molar-refractivity contribution in [3.63, 3.8) is 0 Å². The van der Waals surface area contributed by atoms with Gasteiger partial charge in [0.2, 0.25) is 10.0 Å². The topological polar surface area (TPSA) is 52.7 Å². The first-order valence-electron chi connectivity index (χ1n) is 6.43. The average molecular weight is 263 g/mol. The first-order valence-corrected chi connectivity index (χ1v) is 8.04. The van der Waals surface area contributed by atoms with Gasteiger partial charge in [-0.15, -0.1) is 0 Å². The van der Waals surface area contributed by atoms with E-state index >= 15 is 0 Å². The molecule has 0 aromatic carbocycles. The van der Waals surface area contributed by atoms with Crippen LogP contribution in [0.2, 0.25) is 0 Å². The molecule has 1 heterocycles. The lowest BCUT2D eigenvalue weighted by molar-refractivity contribution is 0.347. The molecular weight excluding hydrogens is 238 g/mol. The summed E-state index contributed by atoms with van der Waals surface area (Å²) < 4.78 is 25.8. The molecule has 0 atom stereocenters. The van der Waals surface area contributed by atoms with Gasteiger partial charge in [-0.2, -0.15) is 0 Å². The molecule has 0 aromatic heterocycles. The van der Waals surface area contributed by atoms with Crippen molar-refractivity contribution in [2.24, 2.45) is 0 Å². The Morgan fingerprint density at radius 3 is 2.65 bits per heavy atom. The van der Waals surface area contributed by atoms with Gasteiger partial charge in [-0.05, 0) is 39.5 Å². The molecule has 0 spiro atoms. The van der Waals surface area contributed by atoms with Crippen molar-refractivity contribution in [3.8, 4) is 0 Å². The van der Waals surface area contributed by atoms with Gasteiger partial charge < -0.3 is 10.2 Å². The van der Waals surface area contributed by atoms with Crippen molar-refractivity contribution in [1.82, 2.24) is 14.5 Å². The van der Waals surface area contributed by atoms with Crippen LogP contribution in [0.15, 0.2) is 0 Å². The van der Waals surface area contributed by atoms with Crippen LogP contribution in [-0.4, -0.2) is 69.7 Å². The Kier molecular flexibility index (Phi) is 6.40. The third kappa shape index (κ3) is 5.33. The molecule has 0 bridgehead atoms. The van der Waals surface area contributed by atoms with Crippen LogP contribution in [0.4, 0.5) is 0 Å². The van der Waals surface area contributed by atoms with E-state index in [4.69, 9.17) is 0 Å². The largest absolute Gasteiger partial charge is 0.317 e. The number of hydrogen-bond donors (Lipinski definition) is 1. The maximum atomic E-state index is 12.1. The number of nitrogens with one attached hydrogen (secondary N) is 1. The summed E-state index contributed by atoms with van der Waals surface area (Å²) in [4.78, 5) is 2.19. The summed E-state index contributed by atoms with van der Waals surface area (Å²) in [7, 11) is -1.00. The summed E-state index contributed by atoms with van der Waals surface area (Å²) in [5.41, 5.74) is 0. The molecule has 1 rings (SSSR count). The fourth-order valence-corrected chi connectivity index (χ4v) is 3.52. The van der Waals surface area contributed by atoms with E-state index in [2.05, 4.69) is 10.2 Å². The van der Waals surface area contributed by atoms with Gasteiger partial charge >= 0.3 is 0 Å². The summed E-state index contributed by atoms with van der Waals surface area (Å²) in [6.07, 6.45) is 1.63. The first-order chi connectivity index (χ1) is 8.06. The van der Waals surface area contributed by atoms with Crippen LogP contribution in [0.25, 0.3) is 0 Å². The van der Waals surface area contributed by atoms with Crippen LogP contribution < -0.4 is 5.32 Å². The van der Waals surface area contributed by atoms with Crippen LogP contribution in [-0.2, 0) is 10.0 Å². The Morgan fingerprint density at radius 1 is 1.18 bits per heavy atom. The van der Waals surface area contributed by atoms with E-state index in [0.29, 0.717) is 19.5 Å². The lowest BCUT2D eigenvalue weighted by Gasteiger charge is -2.20. The molecule has 0 radical (unpaired) electrons. The Balaban J connectivity index is 2.40. The molecule has 0 amide bonds. The zero-order chi connectivity index (χ0) is 12.7. The summed E-state index contributed by atoms with van der Waals surface area (Å²) in [6.45, 7) is 6.85. The number of sulfonamides is 1. The van der Waals surface area contributed by atoms with Gasteiger partial charge in [0, 0.05) is 19.6 Å². The highest BCUT2D eigenvalue weighted by Gasteiger charge is 2.23. The number of nitrogens with zero attached hydrogens (tertiary/aromatic N) is 2. The number of likely N-dealkylation sites (N-methyl/N-ethyl adjacent to an activating group) is 1. The highest BCUT2D eigenvalue weighted by molar-refractivity contribution is 7.89. The second-order valence-electron chi connectivity index (χ2n) is 4.58. The first kappa shape index (κ1) is 14.9. The monoisotopic (exact) mass is 263 g/mol. The van der Waals surface area contributed by atoms with Crippen molar-refractivity contribution < 1.29 is 8.42 Å². The minimum absolute atomic E-state index is 0.268. The Labute approximate surface area is 105 Å². The van der Waals surface area contributed by atoms with Crippen LogP contribution in [0, 0.1) is 0 Å². The SMILES string of the molecule is CCNCCCS(=O)(=O)N1CCCN(C)CC1. The van der Waals surface area contributed by atoms with Crippen LogP contribution >= 0.6 is 0 Å². The molecular formula is C11H25N3O2S. The highest BCUT2D eigenvalue weighted by atomic mass is 32.2. The average Bonchev–Trinajstić information content (AvgIpc) is 2.50. The second kappa shape index (κ2) is 7.31. The summed E-state index contributed by atoms with van der Waals surface area (Å²) in [6, 6.07) is 0. The fourth-order valence-electron chi connectivity index (χ4n) is 1.99. The Bertz CT molecular complexity index is 306. The zero-order valence-electron chi connectivity index (χ0n) is 11.0. The van der Waals surface area contributed by atoms with Gasteiger partial charge in [-0.25, -0.2) is 12.7 Å². The highest BCUT2D eigenvalue weighted by Crippen LogP contribution is 2.08. The van der Waals surface area contributed by atoms with E-state index < -0.39 is 10.0 Å². The Hall–Kier alpha value is -0.170. The molecule has 1 saturated heterocycles. The molecule has 102 valence electrons. The lowest BCUT2D eigenvalue weighted by atomic mass is 10.4. The van der Waals surface area contributed by atoms with Crippen molar-refractivity contribution in [1.29, 1.82) is 0 Å². The van der Waals surface area contributed by atoms with Crippen molar-refractivity contribution >= 4 is 10.0 Å². The smallest absolute Gasteiger partial charge is 0.214 e. The standard InChI is InChI=1S/C11H25N3O2S/c1-3-12-6-4-11-17(15,16)14-8-5-7-13(2)9-10-14/h12H,3-11H2,1-2H3. The second-order valence-corrected chi connectivity index (χ2v) is 6.67. The third-order valence-electron chi connectivity index (χ3n) is 3.08. The number of rotatable bonds is 6. The molecule has 0 unspecified atom stereocenters. The van der Waals surface area contributed by atoms with E-state index in [0.717, 1.165) is 32.6 Å². The molecule has 5 nitrogen and oxygen atoms in total. The van der Waals surface area contributed by atoms with E-state index in [1.54, 1.807) is 4.31 Å². The van der Waals surface area contributed by atoms with E-state index in [1.165, 1.54) is 0 Å². The predicted molar refractivity (Wildman–Crippen MR) is 70.6 cm³/mol. The van der Waals surface area contributed by atoms with E-state index in [1.807, 2.05) is 14.0 Å². The van der Waals surface area contributed by atoms with Crippen LogP contribution in [0.1, 0.15) is 19.8 Å². The van der Waals surface area contributed by atoms with E-state index in [9.17, 15) is 8.42 Å². The molecule has 1 aliphatic heterocycles. The maximum Gasteiger partial charge on any atom is 0.214 e. The normalized spacial score (nSPS) is 20.4. The van der Waals surface area contributed by atoms with Gasteiger partial charge in [-0.3, -0.25) is 0 Å². The third-order valence-corrected chi connectivity index (χ3v) is 5.03. The summed E-state index contributed by atoms with van der Waals surface area (Å²) >= 11 is 0. The molecule has 6 heteroatoms. The molecule has 1 aliphatic rings. The van der Waals surface area contributed by atoms with Gasteiger partial charge in [0.15, 0.2) is 0 Å². The van der Waals surface area contributed by atoms with Crippen molar-refractivity contribution in [2.45, 2.75) is 19.8 Å². The fraction of sp³-hybridized carbons (Fsp3) is 1.00. The molecule has 17 heavy (non-hydrogen) atoms. The molecule has 1 fully saturated rings. The van der Waals surface area contributed by atoms with Gasteiger partial charge in [-0.1, -0.05) is 6.92 Å². The maximum absolute atomic E-state index is 12.1. The van der Waals surface area contributed by atoms with Gasteiger partial charge in [0.1, 0.15) is 0 Å². The minimum Gasteiger partial charge on any atom is -0.317 e. The van der Waals surface area contributed by atoms with Crippen LogP contribution in [0.3, 0.4) is 0 Å². The molecule has 0 saturated carbocycles. The van der Waals surface area contributed by atoms with E-state index in [-0.39, 0.29) is 5.75 Å². The molecule has 0 aliphatic carbocycles. The van der Waals surface area contributed by atoms with Crippen molar-refractivity contribution in [2.75, 3.05) is 52.1 Å². The van der Waals surface area contributed by atoms with Gasteiger partial charge in [0.05, 0.1) is 5.75 Å². The molecule has 0 aromatic rings. The van der Waals surface area contributed by atoms with Gasteiger partial charge in [0.25, 0.3) is 0 Å². The summed E-state index contributed by atoms with van der Waals surface area (Å²) in [5.74, 6) is 0.268. The minimum atomic E-state index is -3.04. The number of hydrogen-bond acceptors (Lipinski definition) is 4. The Morgan fingerprint density at radius 2 is 1.94 bits per heavy atom. The quantitative estimate of drug-likeness (QED) is 0.683.